The van der Waals surface area contributed by atoms with Crippen molar-refractivity contribution in [3.8, 4) is 17.2 Å². The molecule has 3 aromatic carbocycles. The summed E-state index contributed by atoms with van der Waals surface area (Å²) in [5.74, 6) is -0.796. The molecule has 0 amide bonds. The van der Waals surface area contributed by atoms with Crippen LogP contribution in [-0.2, 0) is 16.6 Å². The van der Waals surface area contributed by atoms with Gasteiger partial charge in [-0.2, -0.15) is 0 Å². The molecule has 0 bridgehead atoms. The Bertz CT molecular complexity index is 1830. The monoisotopic (exact) mass is 537 g/mol. The molecule has 9 nitrogen and oxygen atoms in total. The van der Waals surface area contributed by atoms with E-state index in [0.717, 1.165) is 5.39 Å². The van der Waals surface area contributed by atoms with Gasteiger partial charge in [-0.25, -0.2) is 4.79 Å². The van der Waals surface area contributed by atoms with Crippen molar-refractivity contribution < 1.29 is 33.3 Å². The molecule has 0 saturated heterocycles. The second-order valence-corrected chi connectivity index (χ2v) is 9.53. The predicted molar refractivity (Wildman–Crippen MR) is 145 cm³/mol. The van der Waals surface area contributed by atoms with Crippen LogP contribution in [0.3, 0.4) is 0 Å². The molecule has 0 aliphatic carbocycles. The van der Waals surface area contributed by atoms with Gasteiger partial charge in [0, 0.05) is 30.2 Å². The summed E-state index contributed by atoms with van der Waals surface area (Å²) in [6, 6.07) is 16.8. The van der Waals surface area contributed by atoms with Crippen LogP contribution >= 0.6 is 0 Å². The molecule has 0 N–H and O–H groups in total. The standard InChI is InChI=1S/C31H23NO8/c1-32-23-14-19(37-2)9-8-18(23)13-22(30(32)35)21-15-26(33)39-24-11-10-20-28(34)25(40-29(20)27(21)24)12-16-4-6-17(7-5-16)31(36)38-3/h4-14,21H,15H2,1-3H3. The Morgan fingerprint density at radius 1 is 0.975 bits per heavy atom. The van der Waals surface area contributed by atoms with Gasteiger partial charge in [-0.05, 0) is 59.5 Å². The lowest BCUT2D eigenvalue weighted by atomic mass is 9.84. The van der Waals surface area contributed by atoms with E-state index in [1.165, 1.54) is 11.7 Å². The van der Waals surface area contributed by atoms with E-state index in [9.17, 15) is 19.2 Å². The molecule has 0 fully saturated rings. The Hall–Kier alpha value is -5.18. The van der Waals surface area contributed by atoms with Gasteiger partial charge < -0.3 is 23.5 Å². The average molecular weight is 538 g/mol. The van der Waals surface area contributed by atoms with Crippen LogP contribution in [0.4, 0.5) is 0 Å². The maximum Gasteiger partial charge on any atom is 0.337 e. The van der Waals surface area contributed by atoms with E-state index in [0.29, 0.717) is 39.1 Å². The van der Waals surface area contributed by atoms with Crippen molar-refractivity contribution in [1.82, 2.24) is 4.57 Å². The lowest BCUT2D eigenvalue weighted by Crippen LogP contribution is -2.29. The van der Waals surface area contributed by atoms with Gasteiger partial charge in [-0.3, -0.25) is 14.4 Å². The van der Waals surface area contributed by atoms with Crippen LogP contribution in [0.15, 0.2) is 71.2 Å². The minimum absolute atomic E-state index is 0.0726. The minimum atomic E-state index is -0.692. The van der Waals surface area contributed by atoms with Crippen molar-refractivity contribution in [1.29, 1.82) is 0 Å². The summed E-state index contributed by atoms with van der Waals surface area (Å²) in [6.07, 6.45) is 1.48. The van der Waals surface area contributed by atoms with E-state index in [2.05, 4.69) is 0 Å². The van der Waals surface area contributed by atoms with Gasteiger partial charge in [0.1, 0.15) is 17.2 Å². The maximum absolute atomic E-state index is 13.6. The maximum atomic E-state index is 13.6. The van der Waals surface area contributed by atoms with Crippen LogP contribution in [0.1, 0.15) is 49.7 Å². The molecule has 1 unspecified atom stereocenters. The van der Waals surface area contributed by atoms with E-state index >= 15 is 0 Å². The lowest BCUT2D eigenvalue weighted by Gasteiger charge is -2.26. The van der Waals surface area contributed by atoms with Gasteiger partial charge in [0.05, 0.1) is 37.3 Å². The van der Waals surface area contributed by atoms with E-state index in [1.807, 2.05) is 6.07 Å². The predicted octanol–water partition coefficient (Wildman–Crippen LogP) is 4.39. The number of Topliss-reactive ketones (excluding diaryl/α,β-unsaturated/α-hetero) is 1. The molecule has 2 aliphatic heterocycles. The second-order valence-electron chi connectivity index (χ2n) is 9.53. The van der Waals surface area contributed by atoms with Gasteiger partial charge in [-0.15, -0.1) is 0 Å². The van der Waals surface area contributed by atoms with Crippen LogP contribution in [0.25, 0.3) is 17.0 Å². The summed E-state index contributed by atoms with van der Waals surface area (Å²) in [7, 11) is 4.52. The van der Waals surface area contributed by atoms with Gasteiger partial charge in [0.25, 0.3) is 5.56 Å². The molecular weight excluding hydrogens is 514 g/mol. The van der Waals surface area contributed by atoms with Crippen LogP contribution in [0, 0.1) is 0 Å². The zero-order valence-electron chi connectivity index (χ0n) is 21.8. The fourth-order valence-electron chi connectivity index (χ4n) is 5.20. The Balaban J connectivity index is 1.45. The zero-order valence-corrected chi connectivity index (χ0v) is 21.8. The first-order chi connectivity index (χ1) is 19.3. The first-order valence-corrected chi connectivity index (χ1v) is 12.5. The highest BCUT2D eigenvalue weighted by molar-refractivity contribution is 6.15. The van der Waals surface area contributed by atoms with E-state index < -0.39 is 17.9 Å². The Morgan fingerprint density at radius 2 is 1.75 bits per heavy atom. The SMILES string of the molecule is COC(=O)c1ccc(C=C2Oc3c(ccc4c3C(c3cc5ccc(OC)cc5n(C)c3=O)CC(=O)O4)C2=O)cc1. The number of aromatic nitrogens is 1. The fraction of sp³-hybridized carbons (Fsp3) is 0.161. The number of esters is 2. The number of ketones is 1. The number of hydrogen-bond donors (Lipinski definition) is 0. The Morgan fingerprint density at radius 3 is 2.48 bits per heavy atom. The Kier molecular flexibility index (Phi) is 5.99. The molecule has 0 radical (unpaired) electrons. The highest BCUT2D eigenvalue weighted by atomic mass is 16.5. The normalized spacial score (nSPS) is 16.8. The number of benzene rings is 3. The third-order valence-electron chi connectivity index (χ3n) is 7.25. The lowest BCUT2D eigenvalue weighted by molar-refractivity contribution is -0.135. The summed E-state index contributed by atoms with van der Waals surface area (Å²) >= 11 is 0. The van der Waals surface area contributed by atoms with Crippen molar-refractivity contribution in [2.24, 2.45) is 7.05 Å². The minimum Gasteiger partial charge on any atom is -0.497 e. The van der Waals surface area contributed by atoms with Crippen molar-refractivity contribution in [3.63, 3.8) is 0 Å². The number of rotatable bonds is 4. The van der Waals surface area contributed by atoms with Crippen molar-refractivity contribution in [3.05, 3.63) is 105 Å². The van der Waals surface area contributed by atoms with Crippen LogP contribution < -0.4 is 19.8 Å². The first kappa shape index (κ1) is 25.1. The second kappa shape index (κ2) is 9.53. The third kappa shape index (κ3) is 4.03. The van der Waals surface area contributed by atoms with Crippen molar-refractivity contribution >= 4 is 34.7 Å². The van der Waals surface area contributed by atoms with Gasteiger partial charge in [-0.1, -0.05) is 12.1 Å². The van der Waals surface area contributed by atoms with Crippen molar-refractivity contribution in [2.75, 3.05) is 14.2 Å². The van der Waals surface area contributed by atoms with Crippen LogP contribution in [0.2, 0.25) is 0 Å². The third-order valence-corrected chi connectivity index (χ3v) is 7.25. The topological polar surface area (TPSA) is 110 Å². The van der Waals surface area contributed by atoms with E-state index in [1.54, 1.807) is 74.8 Å². The fourth-order valence-corrected chi connectivity index (χ4v) is 5.20. The number of ether oxygens (including phenoxy) is 4. The van der Waals surface area contributed by atoms with Crippen molar-refractivity contribution in [2.45, 2.75) is 12.3 Å². The van der Waals surface area contributed by atoms with Crippen LogP contribution in [-0.4, -0.2) is 36.5 Å². The van der Waals surface area contributed by atoms with E-state index in [4.69, 9.17) is 18.9 Å². The van der Waals surface area contributed by atoms with Gasteiger partial charge in [0.15, 0.2) is 5.76 Å². The zero-order chi connectivity index (χ0) is 28.1. The van der Waals surface area contributed by atoms with Crippen LogP contribution in [0.5, 0.6) is 17.2 Å². The number of aryl methyl sites for hydroxylation is 1. The Labute approximate surface area is 228 Å². The molecule has 0 spiro atoms. The molecule has 6 rings (SSSR count). The average Bonchev–Trinajstić information content (AvgIpc) is 3.28. The van der Waals surface area contributed by atoms with Gasteiger partial charge >= 0.3 is 11.9 Å². The smallest absolute Gasteiger partial charge is 0.337 e. The summed E-state index contributed by atoms with van der Waals surface area (Å²) in [5, 5.41) is 0.791. The highest BCUT2D eigenvalue weighted by Crippen LogP contribution is 2.48. The molecular formula is C31H23NO8. The molecule has 40 heavy (non-hydrogen) atoms. The summed E-state index contributed by atoms with van der Waals surface area (Å²) in [4.78, 5) is 51.3. The molecule has 1 atom stereocenters. The summed E-state index contributed by atoms with van der Waals surface area (Å²) in [5.41, 5.74) is 2.58. The molecule has 1 aromatic heterocycles. The van der Waals surface area contributed by atoms with Gasteiger partial charge in [0.2, 0.25) is 5.78 Å². The summed E-state index contributed by atoms with van der Waals surface area (Å²) < 4.78 is 23.2. The number of methoxy groups -OCH3 is 2. The number of hydrogen-bond acceptors (Lipinski definition) is 8. The number of fused-ring (bicyclic) bond motifs is 4. The quantitative estimate of drug-likeness (QED) is 0.214. The molecule has 2 aliphatic rings. The number of allylic oxidation sites excluding steroid dienone is 1. The molecule has 3 heterocycles. The number of carbonyl (C=O) groups is 3. The van der Waals surface area contributed by atoms with E-state index in [-0.39, 0.29) is 35.0 Å². The largest absolute Gasteiger partial charge is 0.497 e. The summed E-state index contributed by atoms with van der Waals surface area (Å²) in [6.45, 7) is 0. The molecule has 9 heteroatoms. The molecule has 0 saturated carbocycles. The number of pyridine rings is 1. The number of carbonyl (C=O) groups excluding carboxylic acids is 3. The molecule has 200 valence electrons. The first-order valence-electron chi connectivity index (χ1n) is 12.5. The molecule has 4 aromatic rings. The highest BCUT2D eigenvalue weighted by Gasteiger charge is 2.39. The number of nitrogens with zero attached hydrogens (tertiary/aromatic N) is 1.